The Morgan fingerprint density at radius 1 is 1.28 bits per heavy atom. The number of halogens is 3. The van der Waals surface area contributed by atoms with Crippen LogP contribution in [0.2, 0.25) is 15.2 Å². The molecule has 4 N–H and O–H groups in total. The van der Waals surface area contributed by atoms with Crippen molar-refractivity contribution in [2.75, 3.05) is 25.1 Å². The van der Waals surface area contributed by atoms with Crippen LogP contribution in [0.4, 0.5) is 5.82 Å². The van der Waals surface area contributed by atoms with Crippen molar-refractivity contribution in [2.24, 2.45) is 5.73 Å². The molecule has 0 saturated carbocycles. The molecule has 3 rings (SSSR count). The SMILES string of the molecule is COc1c(C(N)=O)cc(N2CCC(NC(=O)c3[nH]c(C)c(Cl)c3Cl)CC2)nc1Cl. The third-order valence-electron chi connectivity index (χ3n) is 4.82. The van der Waals surface area contributed by atoms with Crippen LogP contribution in [0.5, 0.6) is 5.75 Å². The smallest absolute Gasteiger partial charge is 0.269 e. The van der Waals surface area contributed by atoms with E-state index in [4.69, 9.17) is 45.3 Å². The lowest BCUT2D eigenvalue weighted by Gasteiger charge is -2.33. The highest BCUT2D eigenvalue weighted by Gasteiger charge is 2.26. The van der Waals surface area contributed by atoms with Crippen LogP contribution < -0.4 is 20.7 Å². The first-order chi connectivity index (χ1) is 13.7. The number of pyridine rings is 1. The number of primary amides is 1. The minimum Gasteiger partial charge on any atom is -0.493 e. The molecule has 2 amide bonds. The van der Waals surface area contributed by atoms with E-state index in [0.29, 0.717) is 42.5 Å². The molecule has 1 saturated heterocycles. The molecule has 0 radical (unpaired) electrons. The summed E-state index contributed by atoms with van der Waals surface area (Å²) in [5.41, 5.74) is 6.49. The summed E-state index contributed by atoms with van der Waals surface area (Å²) in [7, 11) is 1.40. The fourth-order valence-corrected chi connectivity index (χ4v) is 3.95. The number of aromatic nitrogens is 2. The van der Waals surface area contributed by atoms with Crippen molar-refractivity contribution >= 4 is 52.4 Å². The second kappa shape index (κ2) is 8.69. The molecule has 1 aliphatic rings. The summed E-state index contributed by atoms with van der Waals surface area (Å²) in [4.78, 5) is 33.4. The summed E-state index contributed by atoms with van der Waals surface area (Å²) in [6, 6.07) is 1.52. The number of nitrogens with zero attached hydrogens (tertiary/aromatic N) is 2. The van der Waals surface area contributed by atoms with E-state index in [9.17, 15) is 9.59 Å². The average Bonchev–Trinajstić information content (AvgIpc) is 2.95. The maximum atomic E-state index is 12.5. The highest BCUT2D eigenvalue weighted by molar-refractivity contribution is 6.44. The number of ether oxygens (including phenoxy) is 1. The second-order valence-electron chi connectivity index (χ2n) is 6.70. The van der Waals surface area contributed by atoms with Gasteiger partial charge in [0.05, 0.1) is 22.7 Å². The normalized spacial score (nSPS) is 14.7. The lowest BCUT2D eigenvalue weighted by atomic mass is 10.0. The van der Waals surface area contributed by atoms with Crippen molar-refractivity contribution in [3.05, 3.63) is 38.2 Å². The predicted octanol–water partition coefficient (Wildman–Crippen LogP) is 3.18. The van der Waals surface area contributed by atoms with E-state index < -0.39 is 5.91 Å². The number of hydrogen-bond donors (Lipinski definition) is 3. The lowest BCUT2D eigenvalue weighted by molar-refractivity contribution is 0.0925. The molecule has 0 spiro atoms. The van der Waals surface area contributed by atoms with Crippen molar-refractivity contribution in [3.63, 3.8) is 0 Å². The van der Waals surface area contributed by atoms with E-state index in [-0.39, 0.29) is 39.1 Å². The third kappa shape index (κ3) is 4.39. The molecule has 8 nitrogen and oxygen atoms in total. The third-order valence-corrected chi connectivity index (χ3v) is 6.03. The van der Waals surface area contributed by atoms with Gasteiger partial charge >= 0.3 is 0 Å². The minimum absolute atomic E-state index is 0.0403. The van der Waals surface area contributed by atoms with Crippen molar-refractivity contribution in [2.45, 2.75) is 25.8 Å². The number of carbonyl (C=O) groups is 2. The van der Waals surface area contributed by atoms with E-state index >= 15 is 0 Å². The maximum Gasteiger partial charge on any atom is 0.269 e. The number of nitrogens with two attached hydrogens (primary N) is 1. The summed E-state index contributed by atoms with van der Waals surface area (Å²) in [6.07, 6.45) is 1.35. The van der Waals surface area contributed by atoms with Gasteiger partial charge in [-0.05, 0) is 25.8 Å². The van der Waals surface area contributed by atoms with Crippen LogP contribution in [0.15, 0.2) is 6.07 Å². The zero-order chi connectivity index (χ0) is 21.3. The van der Waals surface area contributed by atoms with E-state index in [0.717, 1.165) is 0 Å². The van der Waals surface area contributed by atoms with Crippen LogP contribution in [-0.2, 0) is 0 Å². The second-order valence-corrected chi connectivity index (χ2v) is 7.82. The molecule has 0 aromatic carbocycles. The molecule has 1 fully saturated rings. The Morgan fingerprint density at radius 2 is 1.93 bits per heavy atom. The molecule has 11 heteroatoms. The Balaban J connectivity index is 1.67. The molecule has 0 atom stereocenters. The van der Waals surface area contributed by atoms with Crippen molar-refractivity contribution in [1.82, 2.24) is 15.3 Å². The summed E-state index contributed by atoms with van der Waals surface area (Å²) in [5, 5.41) is 3.60. The van der Waals surface area contributed by atoms with E-state index in [2.05, 4.69) is 15.3 Å². The quantitative estimate of drug-likeness (QED) is 0.593. The number of piperidine rings is 1. The van der Waals surface area contributed by atoms with Crippen molar-refractivity contribution in [1.29, 1.82) is 0 Å². The monoisotopic (exact) mass is 459 g/mol. The zero-order valence-electron chi connectivity index (χ0n) is 15.8. The molecular formula is C18H20Cl3N5O3. The van der Waals surface area contributed by atoms with E-state index in [1.54, 1.807) is 13.0 Å². The van der Waals surface area contributed by atoms with E-state index in [1.807, 2.05) is 4.90 Å². The topological polar surface area (TPSA) is 113 Å². The molecule has 156 valence electrons. The number of methoxy groups -OCH3 is 1. The molecule has 1 aliphatic heterocycles. The molecule has 2 aromatic heterocycles. The first-order valence-corrected chi connectivity index (χ1v) is 10.00. The molecule has 2 aromatic rings. The fraction of sp³-hybridized carbons (Fsp3) is 0.389. The van der Waals surface area contributed by atoms with Gasteiger partial charge in [-0.3, -0.25) is 9.59 Å². The van der Waals surface area contributed by atoms with Gasteiger partial charge in [-0.2, -0.15) is 0 Å². The van der Waals surface area contributed by atoms with Gasteiger partial charge in [-0.1, -0.05) is 34.8 Å². The van der Waals surface area contributed by atoms with Crippen LogP contribution in [0.3, 0.4) is 0 Å². The minimum atomic E-state index is -0.647. The summed E-state index contributed by atoms with van der Waals surface area (Å²) in [6.45, 7) is 2.96. The number of hydrogen-bond acceptors (Lipinski definition) is 5. The lowest BCUT2D eigenvalue weighted by Crippen LogP contribution is -2.45. The Labute approximate surface area is 182 Å². The van der Waals surface area contributed by atoms with Crippen molar-refractivity contribution < 1.29 is 14.3 Å². The van der Waals surface area contributed by atoms with Gasteiger partial charge in [0.15, 0.2) is 10.9 Å². The molecule has 3 heterocycles. The van der Waals surface area contributed by atoms with Crippen LogP contribution >= 0.6 is 34.8 Å². The van der Waals surface area contributed by atoms with Crippen LogP contribution in [-0.4, -0.2) is 48.0 Å². The number of amides is 2. The fourth-order valence-electron chi connectivity index (χ4n) is 3.27. The molecule has 0 bridgehead atoms. The first-order valence-electron chi connectivity index (χ1n) is 8.86. The van der Waals surface area contributed by atoms with Gasteiger partial charge in [0.1, 0.15) is 11.5 Å². The highest BCUT2D eigenvalue weighted by atomic mass is 35.5. The molecule has 0 aliphatic carbocycles. The number of carbonyl (C=O) groups excluding carboxylic acids is 2. The van der Waals surface area contributed by atoms with Crippen LogP contribution in [0.25, 0.3) is 0 Å². The van der Waals surface area contributed by atoms with Gasteiger partial charge < -0.3 is 25.7 Å². The average molecular weight is 461 g/mol. The van der Waals surface area contributed by atoms with Crippen molar-refractivity contribution in [3.8, 4) is 5.75 Å². The Bertz CT molecular complexity index is 955. The van der Waals surface area contributed by atoms with Gasteiger partial charge in [0, 0.05) is 24.8 Å². The van der Waals surface area contributed by atoms with Gasteiger partial charge in [-0.25, -0.2) is 4.98 Å². The Morgan fingerprint density at radius 3 is 2.45 bits per heavy atom. The summed E-state index contributed by atoms with van der Waals surface area (Å²) in [5.74, 6) is -0.262. The number of anilines is 1. The predicted molar refractivity (Wildman–Crippen MR) is 113 cm³/mol. The largest absolute Gasteiger partial charge is 0.493 e. The number of nitrogens with one attached hydrogen (secondary N) is 2. The molecule has 29 heavy (non-hydrogen) atoms. The zero-order valence-corrected chi connectivity index (χ0v) is 18.1. The Hall–Kier alpha value is -2.16. The summed E-state index contributed by atoms with van der Waals surface area (Å²) >= 11 is 18.3. The Kier molecular flexibility index (Phi) is 6.45. The number of aryl methyl sites for hydroxylation is 1. The number of H-pyrrole nitrogens is 1. The van der Waals surface area contributed by atoms with Crippen LogP contribution in [0, 0.1) is 6.92 Å². The molecule has 0 unspecified atom stereocenters. The standard InChI is InChI=1S/C18H20Cl3N5O3/c1-8-12(19)13(20)14(23-8)18(28)24-9-3-5-26(6-4-9)11-7-10(17(22)27)15(29-2)16(21)25-11/h7,9,23H,3-6H2,1-2H3,(H2,22,27)(H,24,28). The van der Waals surface area contributed by atoms with Gasteiger partial charge in [0.25, 0.3) is 11.8 Å². The number of rotatable bonds is 5. The van der Waals surface area contributed by atoms with E-state index in [1.165, 1.54) is 7.11 Å². The van der Waals surface area contributed by atoms with Gasteiger partial charge in [0.2, 0.25) is 0 Å². The molecular weight excluding hydrogens is 441 g/mol. The van der Waals surface area contributed by atoms with Crippen LogP contribution in [0.1, 0.15) is 39.4 Å². The first kappa shape index (κ1) is 21.5. The highest BCUT2D eigenvalue weighted by Crippen LogP contribution is 2.32. The van der Waals surface area contributed by atoms with Gasteiger partial charge in [-0.15, -0.1) is 0 Å². The maximum absolute atomic E-state index is 12.5. The summed E-state index contributed by atoms with van der Waals surface area (Å²) < 4.78 is 5.12. The number of aromatic amines is 1.